The molecule has 2 saturated heterocycles. The molecule has 2 heteroatoms. The molecule has 0 bridgehead atoms. The van der Waals surface area contributed by atoms with Crippen molar-refractivity contribution in [1.29, 1.82) is 0 Å². The second-order valence-electron chi connectivity index (χ2n) is 5.03. The molecule has 14 heavy (non-hydrogen) atoms. The van der Waals surface area contributed by atoms with Gasteiger partial charge in [0, 0.05) is 11.6 Å². The standard InChI is InChI=1S/C12H24N2/c1-3-12(8-6-9-13-12)11-7-4-5-10-14(11)2/h11,13H,3-10H2,1-2H3. The minimum atomic E-state index is 0.454. The van der Waals surface area contributed by atoms with E-state index < -0.39 is 0 Å². The predicted molar refractivity (Wildman–Crippen MR) is 60.5 cm³/mol. The van der Waals surface area contributed by atoms with E-state index in [1.807, 2.05) is 0 Å². The molecule has 0 aromatic heterocycles. The van der Waals surface area contributed by atoms with Crippen LogP contribution in [0.3, 0.4) is 0 Å². The topological polar surface area (TPSA) is 15.3 Å². The maximum absolute atomic E-state index is 3.78. The highest BCUT2D eigenvalue weighted by atomic mass is 15.2. The zero-order valence-corrected chi connectivity index (χ0v) is 9.68. The number of piperidine rings is 1. The lowest BCUT2D eigenvalue weighted by atomic mass is 9.80. The third-order valence-electron chi connectivity index (χ3n) is 4.32. The Kier molecular flexibility index (Phi) is 3.13. The maximum atomic E-state index is 3.78. The quantitative estimate of drug-likeness (QED) is 0.727. The van der Waals surface area contributed by atoms with Gasteiger partial charge in [0.05, 0.1) is 0 Å². The van der Waals surface area contributed by atoms with Gasteiger partial charge in [-0.1, -0.05) is 13.3 Å². The van der Waals surface area contributed by atoms with Crippen molar-refractivity contribution in [3.63, 3.8) is 0 Å². The second kappa shape index (κ2) is 4.19. The van der Waals surface area contributed by atoms with E-state index in [0.717, 1.165) is 6.04 Å². The zero-order chi connectivity index (χ0) is 10.0. The van der Waals surface area contributed by atoms with Gasteiger partial charge in [0.2, 0.25) is 0 Å². The molecule has 2 heterocycles. The summed E-state index contributed by atoms with van der Waals surface area (Å²) < 4.78 is 0. The number of hydrogen-bond acceptors (Lipinski definition) is 2. The second-order valence-corrected chi connectivity index (χ2v) is 5.03. The molecule has 0 aromatic rings. The fourth-order valence-corrected chi connectivity index (χ4v) is 3.42. The van der Waals surface area contributed by atoms with Crippen LogP contribution < -0.4 is 5.32 Å². The van der Waals surface area contributed by atoms with E-state index in [-0.39, 0.29) is 0 Å². The largest absolute Gasteiger partial charge is 0.310 e. The lowest BCUT2D eigenvalue weighted by Crippen LogP contribution is -2.58. The molecule has 0 amide bonds. The van der Waals surface area contributed by atoms with Gasteiger partial charge in [0.25, 0.3) is 0 Å². The van der Waals surface area contributed by atoms with Crippen molar-refractivity contribution in [2.24, 2.45) is 0 Å². The first-order valence-electron chi connectivity index (χ1n) is 6.24. The highest BCUT2D eigenvalue weighted by Gasteiger charge is 2.41. The van der Waals surface area contributed by atoms with E-state index in [1.54, 1.807) is 0 Å². The van der Waals surface area contributed by atoms with Crippen LogP contribution in [0, 0.1) is 0 Å². The molecule has 0 saturated carbocycles. The number of likely N-dealkylation sites (tertiary alicyclic amines) is 1. The van der Waals surface area contributed by atoms with Crippen LogP contribution >= 0.6 is 0 Å². The molecular weight excluding hydrogens is 172 g/mol. The van der Waals surface area contributed by atoms with Crippen LogP contribution in [0.5, 0.6) is 0 Å². The first-order chi connectivity index (χ1) is 6.78. The molecule has 2 rings (SSSR count). The average molecular weight is 196 g/mol. The number of nitrogens with one attached hydrogen (secondary N) is 1. The molecule has 0 aromatic carbocycles. The summed E-state index contributed by atoms with van der Waals surface area (Å²) in [6.07, 6.45) is 8.28. The summed E-state index contributed by atoms with van der Waals surface area (Å²) in [5.74, 6) is 0. The monoisotopic (exact) mass is 196 g/mol. The zero-order valence-electron chi connectivity index (χ0n) is 9.68. The Morgan fingerprint density at radius 3 is 2.79 bits per heavy atom. The lowest BCUT2D eigenvalue weighted by Gasteiger charge is -2.45. The Bertz CT molecular complexity index is 185. The smallest absolute Gasteiger partial charge is 0.0335 e. The first kappa shape index (κ1) is 10.4. The van der Waals surface area contributed by atoms with E-state index in [9.17, 15) is 0 Å². The van der Waals surface area contributed by atoms with Gasteiger partial charge in [0.15, 0.2) is 0 Å². The first-order valence-corrected chi connectivity index (χ1v) is 6.24. The summed E-state index contributed by atoms with van der Waals surface area (Å²) in [6, 6.07) is 0.795. The lowest BCUT2D eigenvalue weighted by molar-refractivity contribution is 0.0911. The predicted octanol–water partition coefficient (Wildman–Crippen LogP) is 2.00. The van der Waals surface area contributed by atoms with Gasteiger partial charge in [-0.2, -0.15) is 0 Å². The Labute approximate surface area is 88.1 Å². The molecule has 0 aliphatic carbocycles. The van der Waals surface area contributed by atoms with Gasteiger partial charge in [-0.15, -0.1) is 0 Å². The molecule has 0 radical (unpaired) electrons. The molecule has 0 spiro atoms. The van der Waals surface area contributed by atoms with Crippen molar-refractivity contribution < 1.29 is 0 Å². The molecular formula is C12H24N2. The van der Waals surface area contributed by atoms with E-state index in [4.69, 9.17) is 0 Å². The molecule has 1 N–H and O–H groups in total. The summed E-state index contributed by atoms with van der Waals surface area (Å²) in [6.45, 7) is 4.88. The molecule has 2 atom stereocenters. The Balaban J connectivity index is 2.09. The molecule has 2 unspecified atom stereocenters. The van der Waals surface area contributed by atoms with Crippen molar-refractivity contribution in [3.8, 4) is 0 Å². The van der Waals surface area contributed by atoms with E-state index in [0.29, 0.717) is 5.54 Å². The van der Waals surface area contributed by atoms with Crippen LogP contribution in [-0.4, -0.2) is 36.6 Å². The summed E-state index contributed by atoms with van der Waals surface area (Å²) in [5.41, 5.74) is 0.454. The molecule has 2 aliphatic heterocycles. The van der Waals surface area contributed by atoms with Crippen molar-refractivity contribution in [2.45, 2.75) is 57.0 Å². The third-order valence-corrected chi connectivity index (χ3v) is 4.32. The van der Waals surface area contributed by atoms with Gasteiger partial charge >= 0.3 is 0 Å². The highest BCUT2D eigenvalue weighted by molar-refractivity contribution is 5.02. The minimum Gasteiger partial charge on any atom is -0.310 e. The van der Waals surface area contributed by atoms with Crippen LogP contribution in [0.1, 0.15) is 45.4 Å². The molecule has 2 nitrogen and oxygen atoms in total. The van der Waals surface area contributed by atoms with Gasteiger partial charge in [-0.3, -0.25) is 0 Å². The van der Waals surface area contributed by atoms with Gasteiger partial charge in [-0.25, -0.2) is 0 Å². The maximum Gasteiger partial charge on any atom is 0.0335 e. The Morgan fingerprint density at radius 2 is 2.21 bits per heavy atom. The number of rotatable bonds is 2. The minimum absolute atomic E-state index is 0.454. The average Bonchev–Trinajstić information content (AvgIpc) is 2.68. The summed E-state index contributed by atoms with van der Waals surface area (Å²) >= 11 is 0. The Hall–Kier alpha value is -0.0800. The van der Waals surface area contributed by atoms with Crippen molar-refractivity contribution >= 4 is 0 Å². The van der Waals surface area contributed by atoms with Crippen molar-refractivity contribution in [3.05, 3.63) is 0 Å². The molecule has 82 valence electrons. The van der Waals surface area contributed by atoms with Crippen LogP contribution in [0.25, 0.3) is 0 Å². The number of likely N-dealkylation sites (N-methyl/N-ethyl adjacent to an activating group) is 1. The summed E-state index contributed by atoms with van der Waals surface area (Å²) in [7, 11) is 2.31. The number of nitrogens with zero attached hydrogens (tertiary/aromatic N) is 1. The van der Waals surface area contributed by atoms with E-state index in [1.165, 1.54) is 51.6 Å². The van der Waals surface area contributed by atoms with Crippen LogP contribution in [-0.2, 0) is 0 Å². The van der Waals surface area contributed by atoms with Crippen LogP contribution in [0.4, 0.5) is 0 Å². The number of hydrogen-bond donors (Lipinski definition) is 1. The molecule has 2 fully saturated rings. The third kappa shape index (κ3) is 1.70. The van der Waals surface area contributed by atoms with Crippen LogP contribution in [0.2, 0.25) is 0 Å². The fraction of sp³-hybridized carbons (Fsp3) is 1.00. The SMILES string of the molecule is CCC1(C2CCCCN2C)CCCN1. The summed E-state index contributed by atoms with van der Waals surface area (Å²) in [4.78, 5) is 2.59. The fourth-order valence-electron chi connectivity index (χ4n) is 3.42. The Morgan fingerprint density at radius 1 is 1.36 bits per heavy atom. The van der Waals surface area contributed by atoms with Gasteiger partial charge in [-0.05, 0) is 52.2 Å². The van der Waals surface area contributed by atoms with E-state index in [2.05, 4.69) is 24.2 Å². The van der Waals surface area contributed by atoms with Crippen molar-refractivity contribution in [2.75, 3.05) is 20.1 Å². The van der Waals surface area contributed by atoms with Crippen LogP contribution in [0.15, 0.2) is 0 Å². The molecule has 2 aliphatic rings. The van der Waals surface area contributed by atoms with E-state index >= 15 is 0 Å². The normalized spacial score (nSPS) is 40.3. The van der Waals surface area contributed by atoms with Crippen molar-refractivity contribution in [1.82, 2.24) is 10.2 Å². The van der Waals surface area contributed by atoms with Gasteiger partial charge < -0.3 is 10.2 Å². The summed E-state index contributed by atoms with van der Waals surface area (Å²) in [5, 5.41) is 3.78. The van der Waals surface area contributed by atoms with Gasteiger partial charge in [0.1, 0.15) is 0 Å². The highest BCUT2D eigenvalue weighted by Crippen LogP contribution is 2.34.